The second-order valence-corrected chi connectivity index (χ2v) is 4.37. The van der Waals surface area contributed by atoms with E-state index in [4.69, 9.17) is 5.11 Å². The SMILES string of the molecule is O=C(O)c1ccccc1/C=N/NC(=O)c1ccccc1[N+](=O)[O-]. The molecule has 2 aromatic rings. The van der Waals surface area contributed by atoms with Crippen LogP contribution in [0.25, 0.3) is 0 Å². The number of nitrogens with zero attached hydrogens (tertiary/aromatic N) is 2. The molecule has 23 heavy (non-hydrogen) atoms. The Morgan fingerprint density at radius 1 is 1.09 bits per heavy atom. The first kappa shape index (κ1) is 15.8. The van der Waals surface area contributed by atoms with E-state index in [-0.39, 0.29) is 16.8 Å². The summed E-state index contributed by atoms with van der Waals surface area (Å²) in [6.45, 7) is 0. The van der Waals surface area contributed by atoms with Gasteiger partial charge in [-0.2, -0.15) is 5.10 Å². The number of nitrogens with one attached hydrogen (secondary N) is 1. The van der Waals surface area contributed by atoms with Crippen LogP contribution in [-0.4, -0.2) is 28.1 Å². The highest BCUT2D eigenvalue weighted by molar-refractivity contribution is 6.00. The first-order valence-electron chi connectivity index (χ1n) is 6.40. The standard InChI is InChI=1S/C15H11N3O5/c19-14(12-7-3-4-8-13(12)18(22)23)17-16-9-10-5-1-2-6-11(10)15(20)21/h1-9H,(H,17,19)(H,20,21)/b16-9+. The average molecular weight is 313 g/mol. The number of nitro groups is 1. The summed E-state index contributed by atoms with van der Waals surface area (Å²) >= 11 is 0. The van der Waals surface area contributed by atoms with Crippen molar-refractivity contribution in [3.63, 3.8) is 0 Å². The van der Waals surface area contributed by atoms with Gasteiger partial charge in [-0.3, -0.25) is 14.9 Å². The fraction of sp³-hybridized carbons (Fsp3) is 0. The highest BCUT2D eigenvalue weighted by Gasteiger charge is 2.18. The molecule has 0 bridgehead atoms. The van der Waals surface area contributed by atoms with Crippen molar-refractivity contribution in [3.8, 4) is 0 Å². The molecule has 0 heterocycles. The molecule has 0 spiro atoms. The lowest BCUT2D eigenvalue weighted by Gasteiger charge is -2.02. The van der Waals surface area contributed by atoms with Crippen LogP contribution in [0.15, 0.2) is 53.6 Å². The molecule has 2 aromatic carbocycles. The second kappa shape index (κ2) is 6.94. The molecule has 0 aromatic heterocycles. The van der Waals surface area contributed by atoms with E-state index in [9.17, 15) is 19.7 Å². The summed E-state index contributed by atoms with van der Waals surface area (Å²) in [5.74, 6) is -1.89. The number of carboxylic acid groups (broad SMARTS) is 1. The molecule has 8 heteroatoms. The highest BCUT2D eigenvalue weighted by atomic mass is 16.6. The van der Waals surface area contributed by atoms with Crippen LogP contribution in [0.4, 0.5) is 5.69 Å². The molecule has 0 aliphatic heterocycles. The molecule has 0 aliphatic carbocycles. The molecule has 0 aliphatic rings. The molecule has 2 N–H and O–H groups in total. The Kier molecular flexibility index (Phi) is 4.78. The Bertz CT molecular complexity index is 801. The number of rotatable bonds is 5. The van der Waals surface area contributed by atoms with Gasteiger partial charge < -0.3 is 5.11 Å². The third-order valence-corrected chi connectivity index (χ3v) is 2.91. The molecule has 0 atom stereocenters. The number of carbonyl (C=O) groups is 2. The predicted molar refractivity (Wildman–Crippen MR) is 81.6 cm³/mol. The molecule has 0 unspecified atom stereocenters. The topological polar surface area (TPSA) is 122 Å². The summed E-state index contributed by atoms with van der Waals surface area (Å²) in [4.78, 5) is 33.2. The average Bonchev–Trinajstić information content (AvgIpc) is 2.55. The number of amides is 1. The number of hydrogen-bond donors (Lipinski definition) is 2. The minimum Gasteiger partial charge on any atom is -0.478 e. The van der Waals surface area contributed by atoms with Crippen molar-refractivity contribution in [1.29, 1.82) is 0 Å². The van der Waals surface area contributed by atoms with Crippen molar-refractivity contribution in [2.75, 3.05) is 0 Å². The maximum Gasteiger partial charge on any atom is 0.336 e. The number of hydrogen-bond acceptors (Lipinski definition) is 5. The lowest BCUT2D eigenvalue weighted by Crippen LogP contribution is -2.19. The van der Waals surface area contributed by atoms with Crippen molar-refractivity contribution in [1.82, 2.24) is 5.43 Å². The van der Waals surface area contributed by atoms with Gasteiger partial charge in [0, 0.05) is 11.6 Å². The quantitative estimate of drug-likeness (QED) is 0.497. The Hall–Kier alpha value is -3.55. The number of benzene rings is 2. The van der Waals surface area contributed by atoms with Crippen molar-refractivity contribution in [2.24, 2.45) is 5.10 Å². The van der Waals surface area contributed by atoms with Crippen molar-refractivity contribution >= 4 is 23.8 Å². The molecule has 0 radical (unpaired) electrons. The van der Waals surface area contributed by atoms with Crippen molar-refractivity contribution in [2.45, 2.75) is 0 Å². The molecular formula is C15H11N3O5. The van der Waals surface area contributed by atoms with Gasteiger partial charge in [0.1, 0.15) is 5.56 Å². The van der Waals surface area contributed by atoms with Crippen LogP contribution < -0.4 is 5.43 Å². The van der Waals surface area contributed by atoms with Crippen LogP contribution in [0.3, 0.4) is 0 Å². The molecule has 0 fully saturated rings. The van der Waals surface area contributed by atoms with E-state index in [1.807, 2.05) is 0 Å². The van der Waals surface area contributed by atoms with Gasteiger partial charge in [-0.05, 0) is 12.1 Å². The van der Waals surface area contributed by atoms with Crippen LogP contribution in [0.5, 0.6) is 0 Å². The van der Waals surface area contributed by atoms with Gasteiger partial charge in [-0.25, -0.2) is 10.2 Å². The second-order valence-electron chi connectivity index (χ2n) is 4.37. The molecular weight excluding hydrogens is 302 g/mol. The summed E-state index contributed by atoms with van der Waals surface area (Å²) in [7, 11) is 0. The number of carboxylic acids is 1. The minimum atomic E-state index is -1.13. The van der Waals surface area contributed by atoms with E-state index in [1.165, 1.54) is 36.4 Å². The van der Waals surface area contributed by atoms with Crippen LogP contribution >= 0.6 is 0 Å². The van der Waals surface area contributed by atoms with Crippen molar-refractivity contribution < 1.29 is 19.6 Å². The van der Waals surface area contributed by atoms with Crippen LogP contribution in [-0.2, 0) is 0 Å². The summed E-state index contributed by atoms with van der Waals surface area (Å²) in [5.41, 5.74) is 1.98. The van der Waals surface area contributed by atoms with Gasteiger partial charge in [-0.1, -0.05) is 30.3 Å². The van der Waals surface area contributed by atoms with E-state index in [2.05, 4.69) is 10.5 Å². The van der Waals surface area contributed by atoms with Crippen LogP contribution in [0.1, 0.15) is 26.3 Å². The summed E-state index contributed by atoms with van der Waals surface area (Å²) < 4.78 is 0. The molecule has 2 rings (SSSR count). The number of hydrazone groups is 1. The van der Waals surface area contributed by atoms with Crippen molar-refractivity contribution in [3.05, 3.63) is 75.3 Å². The Morgan fingerprint density at radius 2 is 1.70 bits per heavy atom. The monoisotopic (exact) mass is 313 g/mol. The largest absolute Gasteiger partial charge is 0.478 e. The number of carbonyl (C=O) groups excluding carboxylic acids is 1. The van der Waals surface area contributed by atoms with Crippen LogP contribution in [0, 0.1) is 10.1 Å². The van der Waals surface area contributed by atoms with E-state index in [1.54, 1.807) is 12.1 Å². The zero-order valence-corrected chi connectivity index (χ0v) is 11.7. The van der Waals surface area contributed by atoms with Gasteiger partial charge >= 0.3 is 5.97 Å². The maximum absolute atomic E-state index is 11.9. The van der Waals surface area contributed by atoms with Gasteiger partial charge in [0.2, 0.25) is 0 Å². The molecule has 1 amide bonds. The van der Waals surface area contributed by atoms with E-state index in [0.717, 1.165) is 6.21 Å². The fourth-order valence-corrected chi connectivity index (χ4v) is 1.85. The third kappa shape index (κ3) is 3.76. The molecule has 8 nitrogen and oxygen atoms in total. The summed E-state index contributed by atoms with van der Waals surface area (Å²) in [6, 6.07) is 11.5. The Morgan fingerprint density at radius 3 is 2.35 bits per heavy atom. The zero-order chi connectivity index (χ0) is 16.8. The maximum atomic E-state index is 11.9. The summed E-state index contributed by atoms with van der Waals surface area (Å²) in [6.07, 6.45) is 1.16. The Labute approximate surface area is 130 Å². The third-order valence-electron chi connectivity index (χ3n) is 2.91. The van der Waals surface area contributed by atoms with E-state index < -0.39 is 16.8 Å². The van der Waals surface area contributed by atoms with Gasteiger partial charge in [-0.15, -0.1) is 0 Å². The minimum absolute atomic E-state index is 0.0243. The van der Waals surface area contributed by atoms with Crippen LogP contribution in [0.2, 0.25) is 0 Å². The van der Waals surface area contributed by atoms with E-state index in [0.29, 0.717) is 5.56 Å². The van der Waals surface area contributed by atoms with Gasteiger partial charge in [0.15, 0.2) is 0 Å². The lowest BCUT2D eigenvalue weighted by atomic mass is 10.1. The summed E-state index contributed by atoms with van der Waals surface area (Å²) in [5, 5.41) is 23.5. The predicted octanol–water partition coefficient (Wildman–Crippen LogP) is 2.06. The zero-order valence-electron chi connectivity index (χ0n) is 11.7. The first-order chi connectivity index (χ1) is 11.0. The highest BCUT2D eigenvalue weighted by Crippen LogP contribution is 2.17. The molecule has 116 valence electrons. The van der Waals surface area contributed by atoms with E-state index >= 15 is 0 Å². The first-order valence-corrected chi connectivity index (χ1v) is 6.40. The Balaban J connectivity index is 2.17. The lowest BCUT2D eigenvalue weighted by molar-refractivity contribution is -0.385. The number of nitro benzene ring substituents is 1. The molecule has 0 saturated carbocycles. The number of aromatic carboxylic acids is 1. The van der Waals surface area contributed by atoms with Gasteiger partial charge in [0.25, 0.3) is 11.6 Å². The smallest absolute Gasteiger partial charge is 0.336 e. The van der Waals surface area contributed by atoms with Gasteiger partial charge in [0.05, 0.1) is 16.7 Å². The number of para-hydroxylation sites is 1. The molecule has 0 saturated heterocycles. The fourth-order valence-electron chi connectivity index (χ4n) is 1.85. The normalized spacial score (nSPS) is 10.4.